The summed E-state index contributed by atoms with van der Waals surface area (Å²) in [4.78, 5) is 35.6. The summed E-state index contributed by atoms with van der Waals surface area (Å²) in [5.41, 5.74) is 1.64. The lowest BCUT2D eigenvalue weighted by Gasteiger charge is -2.20. The van der Waals surface area contributed by atoms with Crippen molar-refractivity contribution in [3.8, 4) is 5.75 Å². The van der Waals surface area contributed by atoms with E-state index in [0.717, 1.165) is 32.2 Å². The Morgan fingerprint density at radius 3 is 2.82 bits per heavy atom. The number of carbonyl (C=O) groups excluding carboxylic acids is 2. The number of carbonyl (C=O) groups is 2. The van der Waals surface area contributed by atoms with Gasteiger partial charge in [0.25, 0.3) is 0 Å². The van der Waals surface area contributed by atoms with Crippen molar-refractivity contribution in [3.63, 3.8) is 0 Å². The van der Waals surface area contributed by atoms with Crippen molar-refractivity contribution in [2.75, 3.05) is 37.4 Å². The lowest BCUT2D eigenvalue weighted by atomic mass is 10.1. The molecule has 1 aliphatic heterocycles. The first-order valence-electron chi connectivity index (χ1n) is 12.8. The Bertz CT molecular complexity index is 1410. The number of anilines is 3. The summed E-state index contributed by atoms with van der Waals surface area (Å²) in [7, 11) is 1.38. The summed E-state index contributed by atoms with van der Waals surface area (Å²) in [6.45, 7) is 1.78. The molecular weight excluding hydrogens is 525 g/mol. The second kappa shape index (κ2) is 12.0. The third-order valence-electron chi connectivity index (χ3n) is 6.79. The second-order valence-corrected chi connectivity index (χ2v) is 10.1. The van der Waals surface area contributed by atoms with Gasteiger partial charge in [0.1, 0.15) is 29.8 Å². The highest BCUT2D eigenvalue weighted by Gasteiger charge is 2.30. The summed E-state index contributed by atoms with van der Waals surface area (Å²) in [6, 6.07) is 7.53. The van der Waals surface area contributed by atoms with Gasteiger partial charge in [0.05, 0.1) is 29.9 Å². The molecule has 2 aromatic carbocycles. The number of likely N-dealkylation sites (tertiary alicyclic amines) is 1. The van der Waals surface area contributed by atoms with E-state index in [4.69, 9.17) is 21.1 Å². The molecule has 204 valence electrons. The van der Waals surface area contributed by atoms with E-state index in [9.17, 15) is 14.0 Å². The van der Waals surface area contributed by atoms with E-state index in [1.165, 1.54) is 31.6 Å². The van der Waals surface area contributed by atoms with Crippen LogP contribution in [0.1, 0.15) is 25.7 Å². The van der Waals surface area contributed by atoms with E-state index in [1.807, 2.05) is 4.90 Å². The Balaban J connectivity index is 1.36. The predicted molar refractivity (Wildman–Crippen MR) is 147 cm³/mol. The molecule has 11 heteroatoms. The Labute approximate surface area is 230 Å². The van der Waals surface area contributed by atoms with Gasteiger partial charge in [-0.05, 0) is 62.4 Å². The zero-order valence-corrected chi connectivity index (χ0v) is 22.2. The highest BCUT2D eigenvalue weighted by molar-refractivity contribution is 6.31. The van der Waals surface area contributed by atoms with Gasteiger partial charge in [-0.15, -0.1) is 0 Å². The third-order valence-corrected chi connectivity index (χ3v) is 7.08. The number of fused-ring (bicyclic) bond motifs is 1. The molecule has 2 aliphatic rings. The van der Waals surface area contributed by atoms with Crippen LogP contribution >= 0.6 is 11.6 Å². The van der Waals surface area contributed by atoms with E-state index < -0.39 is 5.82 Å². The minimum Gasteiger partial charge on any atom is -0.491 e. The van der Waals surface area contributed by atoms with Crippen molar-refractivity contribution in [2.45, 2.75) is 31.7 Å². The number of rotatable bonds is 10. The average Bonchev–Trinajstić information content (AvgIpc) is 3.65. The zero-order valence-electron chi connectivity index (χ0n) is 21.5. The molecule has 9 nitrogen and oxygen atoms in total. The summed E-state index contributed by atoms with van der Waals surface area (Å²) >= 11 is 5.94. The lowest BCUT2D eigenvalue weighted by molar-refractivity contribution is -0.145. The molecule has 3 aromatic rings. The van der Waals surface area contributed by atoms with Gasteiger partial charge in [-0.3, -0.25) is 14.5 Å². The van der Waals surface area contributed by atoms with Gasteiger partial charge in [0.2, 0.25) is 5.91 Å². The highest BCUT2D eigenvalue weighted by atomic mass is 35.5. The number of amides is 1. The standard InChI is InChI=1S/C28H29ClFN5O4/c1-38-28(37)24-4-2-10-35(24)11-3-5-26(36)34-23-13-19-22(14-25(23)39-15-17-6-7-17)31-16-32-27(19)33-18-8-9-21(30)20(29)12-18/h3,5,8-9,12-14,16-17,24H,2,4,6-7,10-11,15H2,1H3,(H,34,36)(H,31,32,33)/b5-3+/t24-/m0/s1. The van der Waals surface area contributed by atoms with Gasteiger partial charge in [0.15, 0.2) is 0 Å². The number of ether oxygens (including phenoxy) is 2. The lowest BCUT2D eigenvalue weighted by Crippen LogP contribution is -2.36. The van der Waals surface area contributed by atoms with Crippen LogP contribution in [-0.2, 0) is 14.3 Å². The molecule has 1 saturated carbocycles. The first-order valence-corrected chi connectivity index (χ1v) is 13.2. The fourth-order valence-corrected chi connectivity index (χ4v) is 4.70. The molecule has 1 saturated heterocycles. The number of nitrogens with zero attached hydrogens (tertiary/aromatic N) is 3. The number of methoxy groups -OCH3 is 1. The molecule has 39 heavy (non-hydrogen) atoms. The van der Waals surface area contributed by atoms with Crippen molar-refractivity contribution < 1.29 is 23.5 Å². The maximum Gasteiger partial charge on any atom is 0.323 e. The first-order chi connectivity index (χ1) is 18.9. The van der Waals surface area contributed by atoms with Gasteiger partial charge >= 0.3 is 5.97 Å². The normalized spacial score (nSPS) is 17.5. The van der Waals surface area contributed by atoms with Crippen LogP contribution in [0, 0.1) is 11.7 Å². The highest BCUT2D eigenvalue weighted by Crippen LogP contribution is 2.36. The third kappa shape index (κ3) is 6.63. The van der Waals surface area contributed by atoms with Crippen LogP contribution in [0.25, 0.3) is 10.9 Å². The second-order valence-electron chi connectivity index (χ2n) is 9.66. The van der Waals surface area contributed by atoms with E-state index in [-0.39, 0.29) is 22.9 Å². The number of aromatic nitrogens is 2. The number of esters is 1. The maximum absolute atomic E-state index is 13.6. The van der Waals surface area contributed by atoms with Crippen LogP contribution in [0.15, 0.2) is 48.8 Å². The fourth-order valence-electron chi connectivity index (χ4n) is 4.52. The molecular formula is C28H29ClFN5O4. The fraction of sp³-hybridized carbons (Fsp3) is 0.357. The van der Waals surface area contributed by atoms with Crippen molar-refractivity contribution in [2.24, 2.45) is 5.92 Å². The molecule has 1 aliphatic carbocycles. The van der Waals surface area contributed by atoms with Crippen LogP contribution in [0.5, 0.6) is 5.75 Å². The summed E-state index contributed by atoms with van der Waals surface area (Å²) in [5.74, 6) is 0.375. The molecule has 0 bridgehead atoms. The van der Waals surface area contributed by atoms with Crippen molar-refractivity contribution in [3.05, 3.63) is 59.7 Å². The quantitative estimate of drug-likeness (QED) is 0.264. The first kappa shape index (κ1) is 26.8. The Morgan fingerprint density at radius 2 is 2.05 bits per heavy atom. The van der Waals surface area contributed by atoms with E-state index in [2.05, 4.69) is 20.6 Å². The minimum atomic E-state index is -0.518. The number of halogens is 2. The van der Waals surface area contributed by atoms with E-state index in [0.29, 0.717) is 52.9 Å². The van der Waals surface area contributed by atoms with E-state index in [1.54, 1.807) is 24.3 Å². The van der Waals surface area contributed by atoms with Gasteiger partial charge < -0.3 is 20.1 Å². The number of benzene rings is 2. The predicted octanol–water partition coefficient (Wildman–Crippen LogP) is 5.09. The monoisotopic (exact) mass is 553 g/mol. The summed E-state index contributed by atoms with van der Waals surface area (Å²) < 4.78 is 24.6. The van der Waals surface area contributed by atoms with E-state index >= 15 is 0 Å². The molecule has 0 spiro atoms. The van der Waals surface area contributed by atoms with Crippen LogP contribution in [-0.4, -0.2) is 59.6 Å². The molecule has 1 aromatic heterocycles. The molecule has 5 rings (SSSR count). The molecule has 2 heterocycles. The summed E-state index contributed by atoms with van der Waals surface area (Å²) in [5, 5.41) is 6.68. The largest absolute Gasteiger partial charge is 0.491 e. The topological polar surface area (TPSA) is 106 Å². The number of hydrogen-bond donors (Lipinski definition) is 2. The molecule has 1 atom stereocenters. The van der Waals surface area contributed by atoms with Crippen LogP contribution in [0.2, 0.25) is 5.02 Å². The number of hydrogen-bond acceptors (Lipinski definition) is 8. The number of nitrogens with one attached hydrogen (secondary N) is 2. The zero-order chi connectivity index (χ0) is 27.4. The van der Waals surface area contributed by atoms with Crippen LogP contribution in [0.3, 0.4) is 0 Å². The molecule has 2 N–H and O–H groups in total. The Hall–Kier alpha value is -3.76. The Morgan fingerprint density at radius 1 is 1.21 bits per heavy atom. The van der Waals surface area contributed by atoms with Crippen molar-refractivity contribution in [1.82, 2.24) is 14.9 Å². The van der Waals surface area contributed by atoms with Gasteiger partial charge in [0, 0.05) is 29.8 Å². The average molecular weight is 554 g/mol. The van der Waals surface area contributed by atoms with Crippen LogP contribution in [0.4, 0.5) is 21.6 Å². The molecule has 1 amide bonds. The smallest absolute Gasteiger partial charge is 0.323 e. The van der Waals surface area contributed by atoms with Crippen molar-refractivity contribution >= 4 is 51.6 Å². The van der Waals surface area contributed by atoms with Crippen molar-refractivity contribution in [1.29, 1.82) is 0 Å². The van der Waals surface area contributed by atoms with Gasteiger partial charge in [-0.25, -0.2) is 14.4 Å². The molecule has 2 fully saturated rings. The SMILES string of the molecule is COC(=O)[C@@H]1CCCN1C/C=C/C(=O)Nc1cc2c(Nc3ccc(F)c(Cl)c3)ncnc2cc1OCC1CC1. The maximum atomic E-state index is 13.6. The Kier molecular flexibility index (Phi) is 8.23. The minimum absolute atomic E-state index is 0.0132. The molecule has 0 unspecified atom stereocenters. The molecule has 0 radical (unpaired) electrons. The van der Waals surface area contributed by atoms with Gasteiger partial charge in [-0.1, -0.05) is 17.7 Å². The summed E-state index contributed by atoms with van der Waals surface area (Å²) in [6.07, 6.45) is 8.49. The van der Waals surface area contributed by atoms with Crippen LogP contribution < -0.4 is 15.4 Å². The van der Waals surface area contributed by atoms with Gasteiger partial charge in [-0.2, -0.15) is 0 Å².